The number of nitrogens with two attached hydrogens (primary N) is 1. The van der Waals surface area contributed by atoms with Gasteiger partial charge in [-0.05, 0) is 29.8 Å². The highest BCUT2D eigenvalue weighted by molar-refractivity contribution is 5.95. The lowest BCUT2D eigenvalue weighted by molar-refractivity contribution is 0.174. The van der Waals surface area contributed by atoms with Crippen LogP contribution in [-0.4, -0.2) is 26.3 Å². The molecule has 0 atom stereocenters. The van der Waals surface area contributed by atoms with Crippen molar-refractivity contribution in [2.45, 2.75) is 6.42 Å². The molecule has 5 rings (SSSR count). The number of hydrogen-bond acceptors (Lipinski definition) is 7. The maximum absolute atomic E-state index is 9.36. The summed E-state index contributed by atoms with van der Waals surface area (Å²) in [6.45, 7) is 0.221. The first-order valence-electron chi connectivity index (χ1n) is 8.59. The Labute approximate surface area is 159 Å². The number of benzene rings is 2. The molecule has 0 fully saturated rings. The molecular weight excluding hydrogens is 356 g/mol. The van der Waals surface area contributed by atoms with E-state index in [0.717, 1.165) is 17.0 Å². The lowest BCUT2D eigenvalue weighted by atomic mass is 10.0. The fourth-order valence-corrected chi connectivity index (χ4v) is 3.28. The van der Waals surface area contributed by atoms with Crippen LogP contribution < -0.4 is 15.2 Å². The average molecular weight is 370 g/mol. The Hall–Kier alpha value is -4.12. The van der Waals surface area contributed by atoms with E-state index in [9.17, 15) is 5.26 Å². The van der Waals surface area contributed by atoms with Crippen molar-refractivity contribution in [3.8, 4) is 23.5 Å². The first kappa shape index (κ1) is 16.1. The quantitative estimate of drug-likeness (QED) is 0.552. The number of ether oxygens (including phenoxy) is 2. The van der Waals surface area contributed by atoms with Gasteiger partial charge in [0.15, 0.2) is 11.5 Å². The number of anilines is 1. The van der Waals surface area contributed by atoms with Crippen LogP contribution in [-0.2, 0) is 6.42 Å². The van der Waals surface area contributed by atoms with E-state index in [1.54, 1.807) is 35.4 Å². The van der Waals surface area contributed by atoms with Crippen molar-refractivity contribution in [1.29, 1.82) is 5.26 Å². The third kappa shape index (κ3) is 2.57. The highest BCUT2D eigenvalue weighted by Crippen LogP contribution is 2.34. The summed E-state index contributed by atoms with van der Waals surface area (Å²) < 4.78 is 12.6. The lowest BCUT2D eigenvalue weighted by Gasteiger charge is -2.12. The molecule has 4 aromatic rings. The molecule has 0 amide bonds. The highest BCUT2D eigenvalue weighted by atomic mass is 16.7. The van der Waals surface area contributed by atoms with Crippen LogP contribution in [0.1, 0.15) is 16.8 Å². The van der Waals surface area contributed by atoms with Crippen molar-refractivity contribution in [1.82, 2.24) is 19.5 Å². The zero-order chi connectivity index (χ0) is 19.1. The topological polar surface area (TPSA) is 112 Å². The second-order valence-corrected chi connectivity index (χ2v) is 6.34. The average Bonchev–Trinajstić information content (AvgIpc) is 3.39. The van der Waals surface area contributed by atoms with Crippen molar-refractivity contribution in [2.24, 2.45) is 0 Å². The van der Waals surface area contributed by atoms with Crippen LogP contribution in [0.15, 0.2) is 49.1 Å². The molecule has 2 N–H and O–H groups in total. The van der Waals surface area contributed by atoms with Crippen LogP contribution in [0, 0.1) is 11.3 Å². The van der Waals surface area contributed by atoms with Crippen LogP contribution in [0.5, 0.6) is 11.5 Å². The van der Waals surface area contributed by atoms with E-state index in [-0.39, 0.29) is 6.79 Å². The summed E-state index contributed by atoms with van der Waals surface area (Å²) in [6.07, 6.45) is 5.58. The molecule has 8 heteroatoms. The second-order valence-electron chi connectivity index (χ2n) is 6.34. The Kier molecular flexibility index (Phi) is 3.59. The van der Waals surface area contributed by atoms with E-state index < -0.39 is 0 Å². The number of imidazole rings is 1. The van der Waals surface area contributed by atoms with Crippen LogP contribution in [0.4, 0.5) is 5.69 Å². The first-order valence-corrected chi connectivity index (χ1v) is 8.59. The van der Waals surface area contributed by atoms with Crippen LogP contribution in [0.3, 0.4) is 0 Å². The Morgan fingerprint density at radius 2 is 2.04 bits per heavy atom. The Morgan fingerprint density at radius 1 is 1.14 bits per heavy atom. The zero-order valence-corrected chi connectivity index (χ0v) is 14.7. The van der Waals surface area contributed by atoms with Crippen molar-refractivity contribution in [3.05, 3.63) is 65.9 Å². The predicted molar refractivity (Wildman–Crippen MR) is 101 cm³/mol. The first-order chi connectivity index (χ1) is 13.7. The van der Waals surface area contributed by atoms with Crippen LogP contribution in [0.2, 0.25) is 0 Å². The molecule has 1 aliphatic rings. The van der Waals surface area contributed by atoms with Gasteiger partial charge in [-0.3, -0.25) is 4.57 Å². The third-order valence-electron chi connectivity index (χ3n) is 4.63. The number of aromatic nitrogens is 4. The third-order valence-corrected chi connectivity index (χ3v) is 4.63. The number of nitrogen functional groups attached to an aromatic ring is 1. The zero-order valence-electron chi connectivity index (χ0n) is 14.7. The van der Waals surface area contributed by atoms with Crippen LogP contribution in [0.25, 0.3) is 16.9 Å². The number of fused-ring (bicyclic) bond motifs is 2. The number of nitriles is 1. The Bertz CT molecular complexity index is 1240. The minimum atomic E-state index is 0.221. The number of rotatable bonds is 3. The summed E-state index contributed by atoms with van der Waals surface area (Å²) in [5, 5.41) is 10.0. The molecule has 1 aliphatic heterocycles. The minimum absolute atomic E-state index is 0.221. The standard InChI is InChI=1S/C20H14N6O2/c21-9-13-2-3-14-18(19(13)22)15(25-20(24-14)26-6-5-23-10-26)7-12-1-4-16-17(8-12)28-11-27-16/h1-6,8,10H,7,11,22H2. The van der Waals surface area contributed by atoms with Crippen LogP contribution >= 0.6 is 0 Å². The normalized spacial score (nSPS) is 12.2. The van der Waals surface area contributed by atoms with Gasteiger partial charge in [0.25, 0.3) is 0 Å². The van der Waals surface area contributed by atoms with Gasteiger partial charge in [-0.2, -0.15) is 5.26 Å². The molecule has 8 nitrogen and oxygen atoms in total. The largest absolute Gasteiger partial charge is 0.454 e. The van der Waals surface area contributed by atoms with Gasteiger partial charge < -0.3 is 15.2 Å². The summed E-state index contributed by atoms with van der Waals surface area (Å²) in [6, 6.07) is 11.3. The van der Waals surface area contributed by atoms with Gasteiger partial charge >= 0.3 is 0 Å². The molecule has 0 saturated heterocycles. The number of nitrogens with zero attached hydrogens (tertiary/aromatic N) is 5. The maximum Gasteiger partial charge on any atom is 0.235 e. The van der Waals surface area contributed by atoms with Gasteiger partial charge in [-0.1, -0.05) is 6.07 Å². The molecule has 2 aromatic heterocycles. The molecule has 0 aliphatic carbocycles. The summed E-state index contributed by atoms with van der Waals surface area (Å²) in [7, 11) is 0. The molecule has 136 valence electrons. The van der Waals surface area contributed by atoms with Gasteiger partial charge in [0, 0.05) is 24.2 Å². The van der Waals surface area contributed by atoms with Crippen molar-refractivity contribution in [3.63, 3.8) is 0 Å². The molecule has 0 unspecified atom stereocenters. The Balaban J connectivity index is 1.69. The van der Waals surface area contributed by atoms with E-state index >= 15 is 0 Å². The molecule has 28 heavy (non-hydrogen) atoms. The molecule has 0 spiro atoms. The monoisotopic (exact) mass is 370 g/mol. The second kappa shape index (κ2) is 6.25. The molecule has 0 saturated carbocycles. The molecule has 0 bridgehead atoms. The molecular formula is C20H14N6O2. The van der Waals surface area contributed by atoms with E-state index in [2.05, 4.69) is 16.0 Å². The fraction of sp³-hybridized carbons (Fsp3) is 0.100. The van der Waals surface area contributed by atoms with Gasteiger partial charge in [0.05, 0.1) is 22.5 Å². The van der Waals surface area contributed by atoms with E-state index in [4.69, 9.17) is 20.2 Å². The lowest BCUT2D eigenvalue weighted by Crippen LogP contribution is -2.06. The summed E-state index contributed by atoms with van der Waals surface area (Å²) in [4.78, 5) is 13.4. The summed E-state index contributed by atoms with van der Waals surface area (Å²) in [5.74, 6) is 1.92. The smallest absolute Gasteiger partial charge is 0.235 e. The van der Waals surface area contributed by atoms with E-state index in [1.165, 1.54) is 0 Å². The van der Waals surface area contributed by atoms with Crippen molar-refractivity contribution in [2.75, 3.05) is 12.5 Å². The molecule has 2 aromatic carbocycles. The Morgan fingerprint density at radius 3 is 2.86 bits per heavy atom. The van der Waals surface area contributed by atoms with E-state index in [0.29, 0.717) is 40.3 Å². The highest BCUT2D eigenvalue weighted by Gasteiger charge is 2.17. The van der Waals surface area contributed by atoms with E-state index in [1.807, 2.05) is 18.2 Å². The summed E-state index contributed by atoms with van der Waals surface area (Å²) in [5.41, 5.74) is 9.45. The molecule has 3 heterocycles. The van der Waals surface area contributed by atoms with Gasteiger partial charge in [0.2, 0.25) is 12.7 Å². The molecule has 0 radical (unpaired) electrons. The predicted octanol–water partition coefficient (Wildman–Crippen LogP) is 2.59. The SMILES string of the molecule is N#Cc1ccc2nc(-n3ccnc3)nc(Cc3ccc4c(c3)OCO4)c2c1N. The van der Waals surface area contributed by atoms with Gasteiger partial charge in [-0.25, -0.2) is 15.0 Å². The maximum atomic E-state index is 9.36. The van der Waals surface area contributed by atoms with Gasteiger partial charge in [-0.15, -0.1) is 0 Å². The number of hydrogen-bond donors (Lipinski definition) is 1. The van der Waals surface area contributed by atoms with Crippen molar-refractivity contribution < 1.29 is 9.47 Å². The van der Waals surface area contributed by atoms with Gasteiger partial charge in [0.1, 0.15) is 12.4 Å². The summed E-state index contributed by atoms with van der Waals surface area (Å²) >= 11 is 0. The minimum Gasteiger partial charge on any atom is -0.454 e. The fourth-order valence-electron chi connectivity index (χ4n) is 3.28. The van der Waals surface area contributed by atoms with Crippen molar-refractivity contribution >= 4 is 16.6 Å².